The SMILES string of the molecule is C[C@H](NS(=O)(=O)c1cc(NC(=O)[C@@H]2C[C@H]2c2ccccc2)ccc1N1CCC(C(N)=O)CC1)c1ccccc1. The Labute approximate surface area is 229 Å². The molecule has 1 saturated carbocycles. The standard InChI is InChI=1S/C30H34N4O4S/c1-20(21-8-4-2-5-9-21)33-39(37,38)28-18-24(12-13-27(28)34-16-14-23(15-17-34)29(31)35)32-30(36)26-19-25(26)22-10-6-3-7-11-22/h2-13,18,20,23,25-26,33H,14-17,19H2,1H3,(H2,31,35)(H,32,36)/t20-,25-,26+/m0/s1. The van der Waals surface area contributed by atoms with Crippen LogP contribution in [0.15, 0.2) is 83.8 Å². The molecule has 2 aliphatic rings. The van der Waals surface area contributed by atoms with E-state index in [9.17, 15) is 18.0 Å². The smallest absolute Gasteiger partial charge is 0.243 e. The minimum Gasteiger partial charge on any atom is -0.370 e. The van der Waals surface area contributed by atoms with Crippen molar-refractivity contribution in [2.75, 3.05) is 23.3 Å². The van der Waals surface area contributed by atoms with Crippen LogP contribution in [0, 0.1) is 11.8 Å². The van der Waals surface area contributed by atoms with E-state index in [2.05, 4.69) is 10.0 Å². The van der Waals surface area contributed by atoms with Crippen LogP contribution < -0.4 is 20.7 Å². The fourth-order valence-electron chi connectivity index (χ4n) is 5.37. The number of carbonyl (C=O) groups is 2. The molecule has 1 aliphatic carbocycles. The van der Waals surface area contributed by atoms with E-state index in [0.717, 1.165) is 17.5 Å². The number of primary amides is 1. The number of piperidine rings is 1. The number of carbonyl (C=O) groups excluding carboxylic acids is 2. The maximum absolute atomic E-state index is 13.7. The van der Waals surface area contributed by atoms with Gasteiger partial charge in [-0.1, -0.05) is 60.7 Å². The molecule has 3 aromatic carbocycles. The first kappa shape index (κ1) is 26.9. The van der Waals surface area contributed by atoms with Crippen LogP contribution in [0.2, 0.25) is 0 Å². The molecule has 204 valence electrons. The summed E-state index contributed by atoms with van der Waals surface area (Å²) in [5, 5.41) is 2.94. The first-order chi connectivity index (χ1) is 18.7. The van der Waals surface area contributed by atoms with Gasteiger partial charge < -0.3 is 16.0 Å². The van der Waals surface area contributed by atoms with Gasteiger partial charge in [-0.05, 0) is 61.4 Å². The first-order valence-corrected chi connectivity index (χ1v) is 14.8. The molecule has 0 unspecified atom stereocenters. The average Bonchev–Trinajstić information content (AvgIpc) is 3.75. The molecule has 5 rings (SSSR count). The van der Waals surface area contributed by atoms with E-state index in [1.807, 2.05) is 65.6 Å². The molecule has 2 amide bonds. The normalized spacial score (nSPS) is 20.3. The summed E-state index contributed by atoms with van der Waals surface area (Å²) in [6.07, 6.45) is 1.89. The van der Waals surface area contributed by atoms with Crippen LogP contribution in [-0.2, 0) is 19.6 Å². The molecule has 0 radical (unpaired) electrons. The van der Waals surface area contributed by atoms with E-state index in [0.29, 0.717) is 37.3 Å². The molecule has 1 heterocycles. The van der Waals surface area contributed by atoms with Crippen LogP contribution >= 0.6 is 0 Å². The second-order valence-corrected chi connectivity index (χ2v) is 12.1. The Morgan fingerprint density at radius 2 is 1.59 bits per heavy atom. The molecule has 39 heavy (non-hydrogen) atoms. The number of amides is 2. The van der Waals surface area contributed by atoms with Gasteiger partial charge in [-0.3, -0.25) is 9.59 Å². The Kier molecular flexibility index (Phi) is 7.72. The lowest BCUT2D eigenvalue weighted by atomic mass is 9.96. The van der Waals surface area contributed by atoms with Gasteiger partial charge >= 0.3 is 0 Å². The van der Waals surface area contributed by atoms with Crippen molar-refractivity contribution in [1.82, 2.24) is 4.72 Å². The highest BCUT2D eigenvalue weighted by Crippen LogP contribution is 2.48. The molecular formula is C30H34N4O4S. The molecule has 0 aromatic heterocycles. The zero-order valence-corrected chi connectivity index (χ0v) is 22.7. The van der Waals surface area contributed by atoms with Crippen molar-refractivity contribution in [2.45, 2.75) is 43.0 Å². The summed E-state index contributed by atoms with van der Waals surface area (Å²) in [4.78, 5) is 26.8. The van der Waals surface area contributed by atoms with Gasteiger partial charge in [-0.25, -0.2) is 13.1 Å². The Morgan fingerprint density at radius 1 is 0.949 bits per heavy atom. The predicted molar refractivity (Wildman–Crippen MR) is 152 cm³/mol. The molecule has 1 aliphatic heterocycles. The lowest BCUT2D eigenvalue weighted by Gasteiger charge is -2.33. The quantitative estimate of drug-likeness (QED) is 0.372. The van der Waals surface area contributed by atoms with Crippen LogP contribution in [0.3, 0.4) is 0 Å². The average molecular weight is 547 g/mol. The van der Waals surface area contributed by atoms with Crippen molar-refractivity contribution in [2.24, 2.45) is 17.6 Å². The molecule has 0 spiro atoms. The van der Waals surface area contributed by atoms with Gasteiger partial charge in [0.15, 0.2) is 0 Å². The van der Waals surface area contributed by atoms with Crippen molar-refractivity contribution < 1.29 is 18.0 Å². The summed E-state index contributed by atoms with van der Waals surface area (Å²) in [7, 11) is -3.97. The summed E-state index contributed by atoms with van der Waals surface area (Å²) in [5.41, 5.74) is 8.45. The highest BCUT2D eigenvalue weighted by atomic mass is 32.2. The van der Waals surface area contributed by atoms with E-state index >= 15 is 0 Å². The molecule has 8 nitrogen and oxygen atoms in total. The summed E-state index contributed by atoms with van der Waals surface area (Å²) >= 11 is 0. The van der Waals surface area contributed by atoms with Crippen molar-refractivity contribution in [3.05, 3.63) is 90.0 Å². The Hall–Kier alpha value is -3.69. The van der Waals surface area contributed by atoms with Crippen molar-refractivity contribution >= 4 is 33.2 Å². The highest BCUT2D eigenvalue weighted by Gasteiger charge is 2.44. The van der Waals surface area contributed by atoms with Crippen LogP contribution in [0.4, 0.5) is 11.4 Å². The van der Waals surface area contributed by atoms with Gasteiger partial charge in [0.1, 0.15) is 4.90 Å². The second kappa shape index (κ2) is 11.2. The van der Waals surface area contributed by atoms with Crippen molar-refractivity contribution in [3.63, 3.8) is 0 Å². The third kappa shape index (κ3) is 6.15. The molecule has 9 heteroatoms. The summed E-state index contributed by atoms with van der Waals surface area (Å²) in [6.45, 7) is 2.82. The van der Waals surface area contributed by atoms with E-state index in [1.165, 1.54) is 6.07 Å². The molecule has 3 aromatic rings. The third-order valence-corrected chi connectivity index (χ3v) is 9.31. The lowest BCUT2D eigenvalue weighted by molar-refractivity contribution is -0.122. The van der Waals surface area contributed by atoms with E-state index in [4.69, 9.17) is 5.73 Å². The fraction of sp³-hybridized carbons (Fsp3) is 0.333. The van der Waals surface area contributed by atoms with Crippen LogP contribution in [0.1, 0.15) is 49.3 Å². The monoisotopic (exact) mass is 546 g/mol. The summed E-state index contributed by atoms with van der Waals surface area (Å²) in [6, 6.07) is 23.9. The zero-order chi connectivity index (χ0) is 27.6. The number of rotatable bonds is 9. The molecular weight excluding hydrogens is 512 g/mol. The van der Waals surface area contributed by atoms with E-state index < -0.39 is 16.1 Å². The number of hydrogen-bond donors (Lipinski definition) is 3. The zero-order valence-electron chi connectivity index (χ0n) is 21.9. The van der Waals surface area contributed by atoms with E-state index in [1.54, 1.807) is 19.1 Å². The topological polar surface area (TPSA) is 122 Å². The highest BCUT2D eigenvalue weighted by molar-refractivity contribution is 7.89. The fourth-order valence-corrected chi connectivity index (χ4v) is 6.85. The van der Waals surface area contributed by atoms with Gasteiger partial charge in [-0.15, -0.1) is 0 Å². The van der Waals surface area contributed by atoms with Gasteiger partial charge in [0, 0.05) is 36.7 Å². The van der Waals surface area contributed by atoms with Gasteiger partial charge in [0.2, 0.25) is 21.8 Å². The molecule has 3 atom stereocenters. The first-order valence-electron chi connectivity index (χ1n) is 13.3. The number of nitrogens with zero attached hydrogens (tertiary/aromatic N) is 1. The number of hydrogen-bond acceptors (Lipinski definition) is 5. The largest absolute Gasteiger partial charge is 0.370 e. The third-order valence-electron chi connectivity index (χ3n) is 7.74. The molecule has 4 N–H and O–H groups in total. The minimum atomic E-state index is -3.97. The van der Waals surface area contributed by atoms with Crippen molar-refractivity contribution in [3.8, 4) is 0 Å². The Bertz CT molecular complexity index is 1440. The lowest BCUT2D eigenvalue weighted by Crippen LogP contribution is -2.39. The minimum absolute atomic E-state index is 0.0935. The Balaban J connectivity index is 1.39. The van der Waals surface area contributed by atoms with Gasteiger partial charge in [0.05, 0.1) is 5.69 Å². The molecule has 2 fully saturated rings. The Morgan fingerprint density at radius 3 is 2.23 bits per heavy atom. The van der Waals surface area contributed by atoms with E-state index in [-0.39, 0.29) is 34.5 Å². The van der Waals surface area contributed by atoms with Gasteiger partial charge in [0.25, 0.3) is 0 Å². The van der Waals surface area contributed by atoms with Crippen molar-refractivity contribution in [1.29, 1.82) is 0 Å². The maximum Gasteiger partial charge on any atom is 0.243 e. The second-order valence-electron chi connectivity index (χ2n) is 10.4. The van der Waals surface area contributed by atoms with Crippen LogP contribution in [0.25, 0.3) is 0 Å². The summed E-state index contributed by atoms with van der Waals surface area (Å²) < 4.78 is 30.3. The number of sulfonamides is 1. The van der Waals surface area contributed by atoms with Crippen LogP contribution in [-0.4, -0.2) is 33.3 Å². The predicted octanol–water partition coefficient (Wildman–Crippen LogP) is 4.17. The van der Waals surface area contributed by atoms with Gasteiger partial charge in [-0.2, -0.15) is 0 Å². The number of nitrogens with one attached hydrogen (secondary N) is 2. The number of anilines is 2. The summed E-state index contributed by atoms with van der Waals surface area (Å²) in [5.74, 6) is -0.627. The maximum atomic E-state index is 13.7. The molecule has 0 bridgehead atoms. The number of benzene rings is 3. The number of nitrogens with two attached hydrogens (primary N) is 1. The molecule has 1 saturated heterocycles. The van der Waals surface area contributed by atoms with Crippen LogP contribution in [0.5, 0.6) is 0 Å².